The minimum Gasteiger partial charge on any atom is -0.375 e. The molecule has 0 saturated carbocycles. The molecule has 2 saturated heterocycles. The second-order valence-corrected chi connectivity index (χ2v) is 6.11. The monoisotopic (exact) mass is 316 g/mol. The van der Waals surface area contributed by atoms with Gasteiger partial charge in [0.25, 0.3) is 0 Å². The molecule has 1 aromatic carbocycles. The van der Waals surface area contributed by atoms with Gasteiger partial charge in [-0.3, -0.25) is 4.79 Å². The largest absolute Gasteiger partial charge is 0.416 e. The molecule has 6 heteroatoms. The number of hydrogen-bond acceptors (Lipinski definition) is 2. The number of halogens is 4. The van der Waals surface area contributed by atoms with Crippen LogP contribution in [0.2, 0.25) is 0 Å². The molecule has 0 aliphatic carbocycles. The van der Waals surface area contributed by atoms with Crippen LogP contribution < -0.4 is 0 Å². The zero-order valence-corrected chi connectivity index (χ0v) is 11.8. The fraction of sp³-hybridized carbons (Fsp3) is 0.562. The first-order valence-corrected chi connectivity index (χ1v) is 7.36. The third kappa shape index (κ3) is 3.32. The number of carbonyl (C=O) groups is 1. The van der Waals surface area contributed by atoms with E-state index in [9.17, 15) is 22.4 Å². The van der Waals surface area contributed by atoms with Crippen molar-refractivity contribution < 1.29 is 27.1 Å². The average Bonchev–Trinajstić information content (AvgIpc) is 2.75. The van der Waals surface area contributed by atoms with E-state index >= 15 is 0 Å². The van der Waals surface area contributed by atoms with Gasteiger partial charge in [0.05, 0.1) is 17.8 Å². The highest BCUT2D eigenvalue weighted by atomic mass is 19.4. The molecule has 120 valence electrons. The Labute approximate surface area is 125 Å². The van der Waals surface area contributed by atoms with Crippen molar-refractivity contribution in [2.45, 2.75) is 50.5 Å². The summed E-state index contributed by atoms with van der Waals surface area (Å²) >= 11 is 0. The Morgan fingerprint density at radius 2 is 1.77 bits per heavy atom. The zero-order chi connectivity index (χ0) is 15.9. The third-order valence-corrected chi connectivity index (χ3v) is 4.41. The first kappa shape index (κ1) is 15.5. The van der Waals surface area contributed by atoms with E-state index in [1.54, 1.807) is 0 Å². The van der Waals surface area contributed by atoms with E-state index in [1.165, 1.54) is 0 Å². The molecule has 2 bridgehead atoms. The molecular weight excluding hydrogens is 300 g/mol. The first-order valence-electron chi connectivity index (χ1n) is 7.36. The Bertz CT molecular complexity index is 570. The predicted octanol–water partition coefficient (Wildman–Crippen LogP) is 3.91. The van der Waals surface area contributed by atoms with Crippen LogP contribution in [0.15, 0.2) is 18.2 Å². The van der Waals surface area contributed by atoms with Crippen LogP contribution in [0.4, 0.5) is 17.6 Å². The Morgan fingerprint density at radius 3 is 2.36 bits per heavy atom. The smallest absolute Gasteiger partial charge is 0.375 e. The number of hydrogen-bond donors (Lipinski definition) is 0. The minimum atomic E-state index is -4.61. The van der Waals surface area contributed by atoms with Crippen LogP contribution in [0.3, 0.4) is 0 Å². The Balaban J connectivity index is 1.72. The summed E-state index contributed by atoms with van der Waals surface area (Å²) in [6.07, 6.45) is -1.48. The lowest BCUT2D eigenvalue weighted by molar-refractivity contribution is -0.138. The van der Waals surface area contributed by atoms with Crippen LogP contribution in [-0.4, -0.2) is 18.0 Å². The molecule has 1 aromatic rings. The number of Topliss-reactive ketones (excluding diaryl/α,β-unsaturated/α-hetero) is 1. The van der Waals surface area contributed by atoms with Crippen molar-refractivity contribution in [1.29, 1.82) is 0 Å². The van der Waals surface area contributed by atoms with Gasteiger partial charge in [-0.15, -0.1) is 0 Å². The maximum absolute atomic E-state index is 13.4. The van der Waals surface area contributed by atoms with E-state index in [0.717, 1.165) is 25.0 Å². The lowest BCUT2D eigenvalue weighted by Crippen LogP contribution is -2.30. The number of benzene rings is 1. The van der Waals surface area contributed by atoms with E-state index in [0.29, 0.717) is 18.9 Å². The molecule has 2 nitrogen and oxygen atoms in total. The highest BCUT2D eigenvalue weighted by molar-refractivity contribution is 5.83. The van der Waals surface area contributed by atoms with E-state index in [-0.39, 0.29) is 35.9 Å². The van der Waals surface area contributed by atoms with Crippen LogP contribution >= 0.6 is 0 Å². The molecule has 0 spiro atoms. The molecule has 0 aromatic heterocycles. The molecule has 2 fully saturated rings. The van der Waals surface area contributed by atoms with E-state index in [2.05, 4.69) is 0 Å². The van der Waals surface area contributed by atoms with Gasteiger partial charge < -0.3 is 4.74 Å². The molecule has 22 heavy (non-hydrogen) atoms. The molecule has 2 aliphatic heterocycles. The summed E-state index contributed by atoms with van der Waals surface area (Å²) in [5.41, 5.74) is -0.974. The SMILES string of the molecule is O=C(Cc1cc(F)cc(C(F)(F)F)c1)C1CC2CCC(C1)O2. The fourth-order valence-electron chi connectivity index (χ4n) is 3.38. The quantitative estimate of drug-likeness (QED) is 0.790. The summed E-state index contributed by atoms with van der Waals surface area (Å²) in [5.74, 6) is -1.28. The number of ether oxygens (including phenoxy) is 1. The summed E-state index contributed by atoms with van der Waals surface area (Å²) in [6.45, 7) is 0. The lowest BCUT2D eigenvalue weighted by atomic mass is 9.88. The van der Waals surface area contributed by atoms with Gasteiger partial charge in [0, 0.05) is 12.3 Å². The Hall–Kier alpha value is -1.43. The van der Waals surface area contributed by atoms with Crippen LogP contribution in [0, 0.1) is 11.7 Å². The molecule has 2 atom stereocenters. The van der Waals surface area contributed by atoms with Crippen molar-refractivity contribution in [3.63, 3.8) is 0 Å². The van der Waals surface area contributed by atoms with Crippen LogP contribution in [0.25, 0.3) is 0 Å². The van der Waals surface area contributed by atoms with Gasteiger partial charge in [-0.05, 0) is 49.4 Å². The number of alkyl halides is 3. The molecular formula is C16H16F4O2. The van der Waals surface area contributed by atoms with E-state index in [1.807, 2.05) is 0 Å². The van der Waals surface area contributed by atoms with E-state index < -0.39 is 17.6 Å². The summed E-state index contributed by atoms with van der Waals surface area (Å²) in [5, 5.41) is 0. The molecule has 0 N–H and O–H groups in total. The van der Waals surface area contributed by atoms with Gasteiger partial charge in [-0.1, -0.05) is 0 Å². The second-order valence-electron chi connectivity index (χ2n) is 6.11. The summed E-state index contributed by atoms with van der Waals surface area (Å²) in [6, 6.07) is 2.30. The maximum atomic E-state index is 13.4. The highest BCUT2D eigenvalue weighted by Crippen LogP contribution is 2.37. The van der Waals surface area contributed by atoms with Crippen molar-refractivity contribution in [3.05, 3.63) is 35.1 Å². The average molecular weight is 316 g/mol. The molecule has 2 heterocycles. The van der Waals surface area contributed by atoms with Crippen molar-refractivity contribution >= 4 is 5.78 Å². The van der Waals surface area contributed by atoms with Crippen molar-refractivity contribution in [2.24, 2.45) is 5.92 Å². The van der Waals surface area contributed by atoms with Crippen LogP contribution in [-0.2, 0) is 22.1 Å². The zero-order valence-electron chi connectivity index (χ0n) is 11.8. The molecule has 2 unspecified atom stereocenters. The minimum absolute atomic E-state index is 0.0798. The number of ketones is 1. The second kappa shape index (κ2) is 5.65. The molecule has 0 amide bonds. The summed E-state index contributed by atoms with van der Waals surface area (Å²) < 4.78 is 57.1. The van der Waals surface area contributed by atoms with Crippen molar-refractivity contribution in [3.8, 4) is 0 Å². The third-order valence-electron chi connectivity index (χ3n) is 4.41. The van der Waals surface area contributed by atoms with Gasteiger partial charge in [-0.2, -0.15) is 13.2 Å². The fourth-order valence-corrected chi connectivity index (χ4v) is 3.38. The van der Waals surface area contributed by atoms with Gasteiger partial charge in [0.15, 0.2) is 0 Å². The highest BCUT2D eigenvalue weighted by Gasteiger charge is 2.38. The predicted molar refractivity (Wildman–Crippen MR) is 70.7 cm³/mol. The van der Waals surface area contributed by atoms with Crippen molar-refractivity contribution in [2.75, 3.05) is 0 Å². The molecule has 0 radical (unpaired) electrons. The lowest BCUT2D eigenvalue weighted by Gasteiger charge is -2.27. The maximum Gasteiger partial charge on any atom is 0.416 e. The van der Waals surface area contributed by atoms with Crippen molar-refractivity contribution in [1.82, 2.24) is 0 Å². The van der Waals surface area contributed by atoms with Gasteiger partial charge >= 0.3 is 6.18 Å². The summed E-state index contributed by atoms with van der Waals surface area (Å²) in [4.78, 5) is 12.3. The Morgan fingerprint density at radius 1 is 1.14 bits per heavy atom. The summed E-state index contributed by atoms with van der Waals surface area (Å²) in [7, 11) is 0. The normalized spacial score (nSPS) is 27.9. The molecule has 2 aliphatic rings. The first-order chi connectivity index (χ1) is 10.3. The van der Waals surface area contributed by atoms with Gasteiger partial charge in [0.1, 0.15) is 11.6 Å². The Kier molecular flexibility index (Phi) is 3.97. The van der Waals surface area contributed by atoms with Crippen LogP contribution in [0.5, 0.6) is 0 Å². The molecule has 3 rings (SSSR count). The van der Waals surface area contributed by atoms with Crippen LogP contribution in [0.1, 0.15) is 36.8 Å². The number of rotatable bonds is 3. The standard InChI is InChI=1S/C16H16F4O2/c17-12-4-9(3-11(8-12)16(18,19)20)5-15(21)10-6-13-1-2-14(7-10)22-13/h3-4,8,10,13-14H,1-2,5-7H2. The number of carbonyl (C=O) groups excluding carboxylic acids is 1. The number of fused-ring (bicyclic) bond motifs is 2. The van der Waals surface area contributed by atoms with Gasteiger partial charge in [0.2, 0.25) is 0 Å². The van der Waals surface area contributed by atoms with Gasteiger partial charge in [-0.25, -0.2) is 4.39 Å². The topological polar surface area (TPSA) is 26.3 Å². The van der Waals surface area contributed by atoms with E-state index in [4.69, 9.17) is 4.74 Å².